The molecule has 0 aliphatic heterocycles. The normalized spacial score (nSPS) is 13.5. The Morgan fingerprint density at radius 3 is 0.946 bits per heavy atom. The average Bonchev–Trinajstić information content (AvgIpc) is 3.40. The second-order valence-electron chi connectivity index (χ2n) is 21.4. The van der Waals surface area contributed by atoms with Gasteiger partial charge in [-0.3, -0.25) is 4.79 Å². The predicted octanol–water partition coefficient (Wildman–Crippen LogP) is 21.8. The highest BCUT2D eigenvalue weighted by molar-refractivity contribution is 5.76. The summed E-state index contributed by atoms with van der Waals surface area (Å²) in [6.45, 7) is 4.20. The van der Waals surface area contributed by atoms with E-state index in [2.05, 4.69) is 116 Å². The Hall–Kier alpha value is -2.95. The van der Waals surface area contributed by atoms with Gasteiger partial charge in [-0.25, -0.2) is 0 Å². The number of aliphatic hydroxyl groups excluding tert-OH is 2. The summed E-state index contributed by atoms with van der Waals surface area (Å²) in [6, 6.07) is -0.655. The first-order chi connectivity index (χ1) is 36.7. The molecule has 1 amide bonds. The third-order valence-electron chi connectivity index (χ3n) is 14.2. The standard InChI is InChI=1S/C70H123NO3/c1-3-5-7-9-11-13-15-17-19-21-23-25-27-29-31-33-35-37-39-41-43-45-47-49-51-53-55-57-59-61-63-65-69(73)68(67-72)71-70(74)66-64-62-60-58-56-54-52-50-48-46-44-42-40-38-36-34-32-30-28-26-24-22-20-18-16-14-12-10-8-6-4-2/h6,8,12,14,18,20,24,26,30,32,36,38,47,49,55,57,63,65,68-69,72-73H,3-5,7,9-11,13,15-17,19,21-23,25,27-29,31,33-35,37,39-46,48,50-54,56,58-62,64,66-67H2,1-2H3,(H,71,74)/b8-6-,14-12-,20-18-,26-24-,32-30-,38-36-,49-47+,57-55+,65-63+. The molecule has 0 saturated carbocycles. The van der Waals surface area contributed by atoms with Crippen LogP contribution in [-0.4, -0.2) is 34.9 Å². The molecule has 0 rings (SSSR count). The molecule has 74 heavy (non-hydrogen) atoms. The number of hydrogen-bond donors (Lipinski definition) is 3. The highest BCUT2D eigenvalue weighted by atomic mass is 16.3. The van der Waals surface area contributed by atoms with E-state index in [-0.39, 0.29) is 12.5 Å². The SMILES string of the molecule is CC/C=C\C/C=C\C/C=C\C/C=C\C/C=C\C/C=C\CCCCCCCCCCCCCCC(=O)NC(CO)C(O)/C=C/CC/C=C/CC/C=C/CCCCCCCCCCCCCCCCCCCCCCC. The van der Waals surface area contributed by atoms with Gasteiger partial charge >= 0.3 is 0 Å². The molecule has 0 heterocycles. The highest BCUT2D eigenvalue weighted by Gasteiger charge is 2.18. The Morgan fingerprint density at radius 1 is 0.338 bits per heavy atom. The number of aliphatic hydroxyl groups is 2. The molecule has 2 unspecified atom stereocenters. The van der Waals surface area contributed by atoms with E-state index in [1.54, 1.807) is 6.08 Å². The molecule has 0 bridgehead atoms. The van der Waals surface area contributed by atoms with Crippen LogP contribution in [0, 0.1) is 0 Å². The van der Waals surface area contributed by atoms with Crippen LogP contribution in [0.1, 0.15) is 309 Å². The van der Waals surface area contributed by atoms with Crippen LogP contribution in [0.3, 0.4) is 0 Å². The number of amides is 1. The minimum Gasteiger partial charge on any atom is -0.394 e. The number of carbonyl (C=O) groups is 1. The van der Waals surface area contributed by atoms with Crippen molar-refractivity contribution in [1.29, 1.82) is 0 Å². The summed E-state index contributed by atoms with van der Waals surface area (Å²) in [5, 5.41) is 23.2. The molecule has 0 radical (unpaired) electrons. The fraction of sp³-hybridized carbons (Fsp3) is 0.729. The number of nitrogens with one attached hydrogen (secondary N) is 1. The molecule has 0 aromatic carbocycles. The minimum absolute atomic E-state index is 0.0817. The Kier molecular flexibility index (Phi) is 61.8. The van der Waals surface area contributed by atoms with Crippen LogP contribution >= 0.6 is 0 Å². The Labute approximate surface area is 461 Å². The van der Waals surface area contributed by atoms with Gasteiger partial charge in [-0.15, -0.1) is 0 Å². The van der Waals surface area contributed by atoms with Gasteiger partial charge in [0.1, 0.15) is 0 Å². The number of allylic oxidation sites excluding steroid dienone is 17. The average molecular weight is 1030 g/mol. The molecular formula is C70H123NO3. The minimum atomic E-state index is -0.880. The van der Waals surface area contributed by atoms with Crippen LogP contribution in [0.2, 0.25) is 0 Å². The molecule has 4 heteroatoms. The smallest absolute Gasteiger partial charge is 0.220 e. The van der Waals surface area contributed by atoms with Gasteiger partial charge in [0.15, 0.2) is 0 Å². The van der Waals surface area contributed by atoms with E-state index >= 15 is 0 Å². The second-order valence-corrected chi connectivity index (χ2v) is 21.4. The van der Waals surface area contributed by atoms with E-state index in [1.807, 2.05) is 6.08 Å². The van der Waals surface area contributed by atoms with Gasteiger partial charge in [0.25, 0.3) is 0 Å². The van der Waals surface area contributed by atoms with Crippen LogP contribution in [0.4, 0.5) is 0 Å². The molecule has 0 fully saturated rings. The van der Waals surface area contributed by atoms with Crippen molar-refractivity contribution in [3.63, 3.8) is 0 Å². The molecule has 0 aliphatic carbocycles. The number of rotatable bonds is 58. The molecule has 4 nitrogen and oxygen atoms in total. The second kappa shape index (κ2) is 64.3. The molecule has 0 spiro atoms. The summed E-state index contributed by atoms with van der Waals surface area (Å²) in [5.41, 5.74) is 0. The van der Waals surface area contributed by atoms with E-state index in [1.165, 1.54) is 212 Å². The van der Waals surface area contributed by atoms with Crippen molar-refractivity contribution in [2.75, 3.05) is 6.61 Å². The zero-order valence-corrected chi connectivity index (χ0v) is 49.1. The summed E-state index contributed by atoms with van der Waals surface area (Å²) >= 11 is 0. The van der Waals surface area contributed by atoms with Crippen molar-refractivity contribution in [3.8, 4) is 0 Å². The molecule has 0 aromatic heterocycles. The Morgan fingerprint density at radius 2 is 0.608 bits per heavy atom. The maximum absolute atomic E-state index is 12.5. The molecule has 426 valence electrons. The predicted molar refractivity (Wildman–Crippen MR) is 331 cm³/mol. The fourth-order valence-corrected chi connectivity index (χ4v) is 9.39. The lowest BCUT2D eigenvalue weighted by Crippen LogP contribution is -2.45. The van der Waals surface area contributed by atoms with Crippen molar-refractivity contribution in [2.24, 2.45) is 0 Å². The number of hydrogen-bond acceptors (Lipinski definition) is 3. The molecule has 0 aromatic rings. The third-order valence-corrected chi connectivity index (χ3v) is 14.2. The molecule has 0 aliphatic rings. The lowest BCUT2D eigenvalue weighted by molar-refractivity contribution is -0.123. The van der Waals surface area contributed by atoms with Crippen LogP contribution in [0.25, 0.3) is 0 Å². The van der Waals surface area contributed by atoms with Gasteiger partial charge < -0.3 is 15.5 Å². The Bertz CT molecular complexity index is 1400. The monoisotopic (exact) mass is 1030 g/mol. The van der Waals surface area contributed by atoms with Gasteiger partial charge in [0.05, 0.1) is 18.8 Å². The summed E-state index contributed by atoms with van der Waals surface area (Å²) in [7, 11) is 0. The van der Waals surface area contributed by atoms with Gasteiger partial charge in [0, 0.05) is 6.42 Å². The first-order valence-corrected chi connectivity index (χ1v) is 32.1. The van der Waals surface area contributed by atoms with Crippen LogP contribution in [0.5, 0.6) is 0 Å². The maximum atomic E-state index is 12.5. The lowest BCUT2D eigenvalue weighted by Gasteiger charge is -2.19. The third kappa shape index (κ3) is 59.9. The van der Waals surface area contributed by atoms with Gasteiger partial charge in [-0.2, -0.15) is 0 Å². The quantitative estimate of drug-likeness (QED) is 0.0420. The van der Waals surface area contributed by atoms with E-state index in [0.717, 1.165) is 77.0 Å². The number of unbranched alkanes of at least 4 members (excludes halogenated alkanes) is 35. The van der Waals surface area contributed by atoms with Crippen molar-refractivity contribution in [3.05, 3.63) is 109 Å². The van der Waals surface area contributed by atoms with E-state index < -0.39 is 12.1 Å². The molecule has 2 atom stereocenters. The van der Waals surface area contributed by atoms with Crippen LogP contribution in [0.15, 0.2) is 109 Å². The van der Waals surface area contributed by atoms with Gasteiger partial charge in [-0.05, 0) is 96.3 Å². The fourth-order valence-electron chi connectivity index (χ4n) is 9.39. The Balaban J connectivity index is 3.57. The molecular weight excluding hydrogens is 903 g/mol. The van der Waals surface area contributed by atoms with Crippen molar-refractivity contribution in [2.45, 2.75) is 321 Å². The summed E-state index contributed by atoms with van der Waals surface area (Å²) < 4.78 is 0. The summed E-state index contributed by atoms with van der Waals surface area (Å²) in [5.74, 6) is -0.0817. The van der Waals surface area contributed by atoms with E-state index in [0.29, 0.717) is 6.42 Å². The summed E-state index contributed by atoms with van der Waals surface area (Å²) in [4.78, 5) is 12.5. The zero-order chi connectivity index (χ0) is 53.4. The first-order valence-electron chi connectivity index (χ1n) is 32.1. The van der Waals surface area contributed by atoms with Crippen LogP contribution < -0.4 is 5.32 Å². The highest BCUT2D eigenvalue weighted by Crippen LogP contribution is 2.17. The van der Waals surface area contributed by atoms with Gasteiger partial charge in [-0.1, -0.05) is 316 Å². The van der Waals surface area contributed by atoms with Crippen molar-refractivity contribution >= 4 is 5.91 Å². The maximum Gasteiger partial charge on any atom is 0.220 e. The topological polar surface area (TPSA) is 69.6 Å². The first kappa shape index (κ1) is 71.0. The largest absolute Gasteiger partial charge is 0.394 e. The van der Waals surface area contributed by atoms with E-state index in [4.69, 9.17) is 0 Å². The number of carbonyl (C=O) groups excluding carboxylic acids is 1. The lowest BCUT2D eigenvalue weighted by atomic mass is 10.0. The van der Waals surface area contributed by atoms with E-state index in [9.17, 15) is 15.0 Å². The summed E-state index contributed by atoms with van der Waals surface area (Å²) in [6.07, 6.45) is 97.1. The van der Waals surface area contributed by atoms with Crippen LogP contribution in [-0.2, 0) is 4.79 Å². The van der Waals surface area contributed by atoms with Crippen molar-refractivity contribution in [1.82, 2.24) is 5.32 Å². The zero-order valence-electron chi connectivity index (χ0n) is 49.1. The van der Waals surface area contributed by atoms with Crippen molar-refractivity contribution < 1.29 is 15.0 Å². The molecule has 3 N–H and O–H groups in total. The molecule has 0 saturated heterocycles. The van der Waals surface area contributed by atoms with Gasteiger partial charge in [0.2, 0.25) is 5.91 Å².